The van der Waals surface area contributed by atoms with Crippen LogP contribution in [0, 0.1) is 11.6 Å². The number of nitrogens with two attached hydrogens (primary N) is 1. The first-order valence-corrected chi connectivity index (χ1v) is 5.12. The van der Waals surface area contributed by atoms with Crippen molar-refractivity contribution in [2.75, 3.05) is 18.2 Å². The first-order chi connectivity index (χ1) is 8.60. The number of methoxy groups -OCH3 is 1. The molecule has 0 atom stereocenters. The fourth-order valence-electron chi connectivity index (χ4n) is 1.38. The van der Waals surface area contributed by atoms with Crippen molar-refractivity contribution in [2.45, 2.75) is 0 Å². The summed E-state index contributed by atoms with van der Waals surface area (Å²) in [6.07, 6.45) is 0. The second-order valence-corrected chi connectivity index (χ2v) is 3.55. The predicted octanol–water partition coefficient (Wildman–Crippen LogP) is 2.69. The predicted molar refractivity (Wildman–Crippen MR) is 64.8 cm³/mol. The number of aromatic nitrogens is 1. The molecule has 0 bridgehead atoms. The van der Waals surface area contributed by atoms with Gasteiger partial charge >= 0.3 is 0 Å². The molecular formula is C12H11F2N3O. The number of anilines is 3. The average molecular weight is 251 g/mol. The summed E-state index contributed by atoms with van der Waals surface area (Å²) < 4.78 is 30.8. The molecule has 3 N–H and O–H groups in total. The van der Waals surface area contributed by atoms with Crippen LogP contribution in [-0.4, -0.2) is 12.1 Å². The van der Waals surface area contributed by atoms with E-state index in [0.717, 1.165) is 12.1 Å². The fourth-order valence-corrected chi connectivity index (χ4v) is 1.38. The van der Waals surface area contributed by atoms with E-state index < -0.39 is 11.6 Å². The van der Waals surface area contributed by atoms with Crippen molar-refractivity contribution in [3.8, 4) is 5.88 Å². The molecule has 0 radical (unpaired) electrons. The molecule has 1 heterocycles. The van der Waals surface area contributed by atoms with Crippen molar-refractivity contribution >= 4 is 17.2 Å². The van der Waals surface area contributed by atoms with Crippen LogP contribution in [0.2, 0.25) is 0 Å². The Kier molecular flexibility index (Phi) is 3.27. The lowest BCUT2D eigenvalue weighted by Gasteiger charge is -2.09. The molecule has 0 amide bonds. The summed E-state index contributed by atoms with van der Waals surface area (Å²) in [7, 11) is 1.47. The van der Waals surface area contributed by atoms with Gasteiger partial charge in [-0.05, 0) is 18.2 Å². The zero-order valence-corrected chi connectivity index (χ0v) is 9.58. The van der Waals surface area contributed by atoms with E-state index in [0.29, 0.717) is 23.1 Å². The summed E-state index contributed by atoms with van der Waals surface area (Å²) in [6, 6.07) is 6.64. The van der Waals surface area contributed by atoms with E-state index in [1.54, 1.807) is 12.1 Å². The monoisotopic (exact) mass is 251 g/mol. The van der Waals surface area contributed by atoms with Crippen LogP contribution in [0.1, 0.15) is 0 Å². The van der Waals surface area contributed by atoms with E-state index in [1.807, 2.05) is 0 Å². The lowest BCUT2D eigenvalue weighted by molar-refractivity contribution is 0.398. The number of halogens is 2. The van der Waals surface area contributed by atoms with Gasteiger partial charge in [0.2, 0.25) is 5.88 Å². The molecule has 0 saturated carbocycles. The molecule has 18 heavy (non-hydrogen) atoms. The van der Waals surface area contributed by atoms with Gasteiger partial charge in [-0.3, -0.25) is 0 Å². The maximum atomic E-state index is 13.0. The smallest absolute Gasteiger partial charge is 0.215 e. The molecule has 0 spiro atoms. The van der Waals surface area contributed by atoms with Crippen LogP contribution < -0.4 is 15.8 Å². The highest BCUT2D eigenvalue weighted by Gasteiger charge is 2.06. The van der Waals surface area contributed by atoms with Crippen LogP contribution >= 0.6 is 0 Å². The minimum Gasteiger partial charge on any atom is -0.481 e. The second kappa shape index (κ2) is 4.87. The van der Waals surface area contributed by atoms with Gasteiger partial charge in [-0.2, -0.15) is 4.98 Å². The van der Waals surface area contributed by atoms with Gasteiger partial charge in [-0.25, -0.2) is 8.78 Å². The minimum absolute atomic E-state index is 0.320. The second-order valence-electron chi connectivity index (χ2n) is 3.55. The maximum Gasteiger partial charge on any atom is 0.215 e. The molecule has 0 aliphatic carbocycles. The third-order valence-corrected chi connectivity index (χ3v) is 2.29. The van der Waals surface area contributed by atoms with Crippen LogP contribution in [0.4, 0.5) is 26.0 Å². The largest absolute Gasteiger partial charge is 0.481 e. The number of nitrogens with one attached hydrogen (secondary N) is 1. The van der Waals surface area contributed by atoms with Crippen molar-refractivity contribution in [1.82, 2.24) is 4.98 Å². The van der Waals surface area contributed by atoms with Crippen molar-refractivity contribution in [1.29, 1.82) is 0 Å². The highest BCUT2D eigenvalue weighted by atomic mass is 19.2. The van der Waals surface area contributed by atoms with Crippen molar-refractivity contribution in [2.24, 2.45) is 0 Å². The zero-order valence-electron chi connectivity index (χ0n) is 9.58. The van der Waals surface area contributed by atoms with Gasteiger partial charge in [0, 0.05) is 17.8 Å². The van der Waals surface area contributed by atoms with Gasteiger partial charge in [0.25, 0.3) is 0 Å². The average Bonchev–Trinajstić information content (AvgIpc) is 2.36. The Morgan fingerprint density at radius 1 is 1.17 bits per heavy atom. The molecule has 2 aromatic rings. The van der Waals surface area contributed by atoms with E-state index >= 15 is 0 Å². The minimum atomic E-state index is -0.943. The van der Waals surface area contributed by atoms with Gasteiger partial charge < -0.3 is 15.8 Å². The number of nitrogens with zero attached hydrogens (tertiary/aromatic N) is 1. The Labute approximate surface area is 102 Å². The SMILES string of the molecule is COc1ccc(N)c(Nc2ccc(F)c(F)c2)n1. The number of hydrogen-bond acceptors (Lipinski definition) is 4. The molecule has 1 aromatic carbocycles. The Morgan fingerprint density at radius 2 is 1.94 bits per heavy atom. The number of pyridine rings is 1. The van der Waals surface area contributed by atoms with E-state index in [2.05, 4.69) is 10.3 Å². The van der Waals surface area contributed by atoms with Gasteiger partial charge in [0.1, 0.15) is 0 Å². The normalized spacial score (nSPS) is 10.2. The number of benzene rings is 1. The summed E-state index contributed by atoms with van der Waals surface area (Å²) in [4.78, 5) is 4.06. The van der Waals surface area contributed by atoms with Crippen LogP contribution in [0.3, 0.4) is 0 Å². The fraction of sp³-hybridized carbons (Fsp3) is 0.0833. The number of hydrogen-bond donors (Lipinski definition) is 2. The van der Waals surface area contributed by atoms with Crippen molar-refractivity contribution in [3.63, 3.8) is 0 Å². The van der Waals surface area contributed by atoms with Crippen LogP contribution in [0.5, 0.6) is 5.88 Å². The topological polar surface area (TPSA) is 60.2 Å². The van der Waals surface area contributed by atoms with E-state index in [-0.39, 0.29) is 0 Å². The lowest BCUT2D eigenvalue weighted by atomic mass is 10.3. The summed E-state index contributed by atoms with van der Waals surface area (Å²) in [5.74, 6) is -1.16. The highest BCUT2D eigenvalue weighted by Crippen LogP contribution is 2.24. The molecular weight excluding hydrogens is 240 g/mol. The first-order valence-electron chi connectivity index (χ1n) is 5.12. The molecule has 0 unspecified atom stereocenters. The first kappa shape index (κ1) is 12.1. The van der Waals surface area contributed by atoms with Crippen LogP contribution in [0.25, 0.3) is 0 Å². The number of ether oxygens (including phenoxy) is 1. The molecule has 0 fully saturated rings. The van der Waals surface area contributed by atoms with E-state index in [4.69, 9.17) is 10.5 Å². The molecule has 0 aliphatic rings. The van der Waals surface area contributed by atoms with E-state index in [1.165, 1.54) is 13.2 Å². The lowest BCUT2D eigenvalue weighted by Crippen LogP contribution is -2.01. The number of nitrogen functional groups attached to an aromatic ring is 1. The summed E-state index contributed by atoms with van der Waals surface area (Å²) >= 11 is 0. The molecule has 94 valence electrons. The third-order valence-electron chi connectivity index (χ3n) is 2.29. The molecule has 0 saturated heterocycles. The summed E-state index contributed by atoms with van der Waals surface area (Å²) in [5.41, 5.74) is 6.44. The maximum absolute atomic E-state index is 13.0. The third kappa shape index (κ3) is 2.48. The number of rotatable bonds is 3. The zero-order chi connectivity index (χ0) is 13.1. The van der Waals surface area contributed by atoms with Gasteiger partial charge in [0.05, 0.1) is 12.8 Å². The van der Waals surface area contributed by atoms with Crippen LogP contribution in [-0.2, 0) is 0 Å². The Hall–Kier alpha value is -2.37. The summed E-state index contributed by atoms with van der Waals surface area (Å²) in [5, 5.41) is 2.79. The molecule has 1 aromatic heterocycles. The molecule has 2 rings (SSSR count). The van der Waals surface area contributed by atoms with Crippen molar-refractivity contribution in [3.05, 3.63) is 42.0 Å². The highest BCUT2D eigenvalue weighted by molar-refractivity contribution is 5.69. The van der Waals surface area contributed by atoms with Gasteiger partial charge in [0.15, 0.2) is 17.5 Å². The van der Waals surface area contributed by atoms with Crippen LogP contribution in [0.15, 0.2) is 30.3 Å². The summed E-state index contributed by atoms with van der Waals surface area (Å²) in [6.45, 7) is 0. The van der Waals surface area contributed by atoms with Gasteiger partial charge in [-0.1, -0.05) is 0 Å². The quantitative estimate of drug-likeness (QED) is 0.880. The standard InChI is InChI=1S/C12H11F2N3O/c1-18-11-5-4-10(15)12(17-11)16-7-2-3-8(13)9(14)6-7/h2-6H,15H2,1H3,(H,16,17). The molecule has 6 heteroatoms. The molecule has 4 nitrogen and oxygen atoms in total. The van der Waals surface area contributed by atoms with Gasteiger partial charge in [-0.15, -0.1) is 0 Å². The Morgan fingerprint density at radius 3 is 2.61 bits per heavy atom. The van der Waals surface area contributed by atoms with E-state index in [9.17, 15) is 8.78 Å². The Bertz CT molecular complexity index is 575. The molecule has 0 aliphatic heterocycles. The Balaban J connectivity index is 2.30. The van der Waals surface area contributed by atoms with Crippen molar-refractivity contribution < 1.29 is 13.5 Å².